The highest BCUT2D eigenvalue weighted by atomic mass is 16.5. The Labute approximate surface area is 129 Å². The first-order valence-corrected chi connectivity index (χ1v) is 7.14. The normalized spacial score (nSPS) is 11.7. The van der Waals surface area contributed by atoms with Gasteiger partial charge < -0.3 is 26.0 Å². The molecular weight excluding hydrogens is 288 g/mol. The smallest absolute Gasteiger partial charge is 0.335 e. The molecule has 0 saturated heterocycles. The number of aromatic carboxylic acids is 1. The first kappa shape index (κ1) is 17.8. The molecule has 0 bridgehead atoms. The molecule has 0 radical (unpaired) electrons. The van der Waals surface area contributed by atoms with Gasteiger partial charge in [0, 0.05) is 13.0 Å². The molecule has 0 aromatic heterocycles. The van der Waals surface area contributed by atoms with Gasteiger partial charge in [0.1, 0.15) is 5.75 Å². The number of nitrogen functional groups attached to an aromatic ring is 1. The molecule has 0 heterocycles. The molecule has 1 rings (SSSR count). The van der Waals surface area contributed by atoms with Gasteiger partial charge in [-0.15, -0.1) is 0 Å². The van der Waals surface area contributed by atoms with Gasteiger partial charge in [0.05, 0.1) is 24.0 Å². The van der Waals surface area contributed by atoms with Gasteiger partial charge in [-0.2, -0.15) is 0 Å². The summed E-state index contributed by atoms with van der Waals surface area (Å²) in [5, 5.41) is 21.1. The average Bonchev–Trinajstić information content (AvgIpc) is 2.50. The first-order chi connectivity index (χ1) is 10.4. The molecule has 1 amide bonds. The summed E-state index contributed by atoms with van der Waals surface area (Å²) in [7, 11) is 0. The summed E-state index contributed by atoms with van der Waals surface area (Å²) in [5.74, 6) is -0.726. The third kappa shape index (κ3) is 6.01. The number of aliphatic hydroxyl groups excluding tert-OH is 1. The van der Waals surface area contributed by atoms with Gasteiger partial charge in [0.15, 0.2) is 0 Å². The Morgan fingerprint density at radius 3 is 2.73 bits per heavy atom. The molecular formula is C15H22N2O5. The minimum Gasteiger partial charge on any atom is -0.491 e. The van der Waals surface area contributed by atoms with Crippen molar-refractivity contribution in [2.75, 3.05) is 18.9 Å². The van der Waals surface area contributed by atoms with Crippen molar-refractivity contribution in [1.82, 2.24) is 5.32 Å². The number of benzene rings is 1. The number of anilines is 1. The number of hydrogen-bond donors (Lipinski definition) is 4. The lowest BCUT2D eigenvalue weighted by Crippen LogP contribution is -2.31. The minimum atomic E-state index is -1.05. The summed E-state index contributed by atoms with van der Waals surface area (Å²) in [6.45, 7) is 2.31. The number of carboxylic acid groups (broad SMARTS) is 1. The quantitative estimate of drug-likeness (QED) is 0.399. The Hall–Kier alpha value is -2.28. The van der Waals surface area contributed by atoms with Crippen LogP contribution in [0.5, 0.6) is 5.75 Å². The number of nitrogens with two attached hydrogens (primary N) is 1. The second-order valence-electron chi connectivity index (χ2n) is 4.86. The summed E-state index contributed by atoms with van der Waals surface area (Å²) in [6.07, 6.45) is 0.841. The Kier molecular flexibility index (Phi) is 7.18. The van der Waals surface area contributed by atoms with Crippen LogP contribution in [0.25, 0.3) is 0 Å². The molecule has 22 heavy (non-hydrogen) atoms. The van der Waals surface area contributed by atoms with Crippen molar-refractivity contribution in [3.63, 3.8) is 0 Å². The van der Waals surface area contributed by atoms with Gasteiger partial charge in [-0.05, 0) is 31.0 Å². The molecule has 1 aromatic carbocycles. The van der Waals surface area contributed by atoms with Crippen LogP contribution in [-0.4, -0.2) is 41.3 Å². The molecule has 0 fully saturated rings. The van der Waals surface area contributed by atoms with Gasteiger partial charge in [-0.1, -0.05) is 6.92 Å². The van der Waals surface area contributed by atoms with Crippen LogP contribution in [0.15, 0.2) is 18.2 Å². The van der Waals surface area contributed by atoms with E-state index >= 15 is 0 Å². The van der Waals surface area contributed by atoms with Crippen LogP contribution < -0.4 is 15.8 Å². The molecule has 1 aromatic rings. The maximum Gasteiger partial charge on any atom is 0.335 e. The third-order valence-corrected chi connectivity index (χ3v) is 3.05. The summed E-state index contributed by atoms with van der Waals surface area (Å²) in [6, 6.07) is 4.27. The Morgan fingerprint density at radius 1 is 1.41 bits per heavy atom. The molecule has 0 aliphatic heterocycles. The number of carboxylic acids is 1. The van der Waals surface area contributed by atoms with Crippen molar-refractivity contribution in [3.8, 4) is 5.75 Å². The zero-order chi connectivity index (χ0) is 16.5. The van der Waals surface area contributed by atoms with Crippen LogP contribution in [-0.2, 0) is 4.79 Å². The van der Waals surface area contributed by atoms with Crippen molar-refractivity contribution in [3.05, 3.63) is 23.8 Å². The van der Waals surface area contributed by atoms with Crippen LogP contribution in [0.2, 0.25) is 0 Å². The van der Waals surface area contributed by atoms with Crippen LogP contribution in [0.1, 0.15) is 36.5 Å². The SMILES string of the molecule is CCC(=O)NCC(O)CCCOc1ccc(C(=O)O)cc1N. The predicted octanol–water partition coefficient (Wildman–Crippen LogP) is 1.01. The molecule has 122 valence electrons. The number of ether oxygens (including phenoxy) is 1. The first-order valence-electron chi connectivity index (χ1n) is 7.14. The van der Waals surface area contributed by atoms with E-state index in [1.54, 1.807) is 6.92 Å². The number of hydrogen-bond acceptors (Lipinski definition) is 5. The lowest BCUT2D eigenvalue weighted by atomic mass is 10.2. The molecule has 0 aliphatic rings. The molecule has 0 spiro atoms. The zero-order valence-corrected chi connectivity index (χ0v) is 12.5. The standard InChI is InChI=1S/C15H22N2O5/c1-2-14(19)17-9-11(18)4-3-7-22-13-6-5-10(15(20)21)8-12(13)16/h5-6,8,11,18H,2-4,7,9,16H2,1H3,(H,17,19)(H,20,21). The van der Waals surface area contributed by atoms with E-state index in [1.807, 2.05) is 0 Å². The van der Waals surface area contributed by atoms with E-state index in [0.717, 1.165) is 0 Å². The molecule has 1 atom stereocenters. The third-order valence-electron chi connectivity index (χ3n) is 3.05. The summed E-state index contributed by atoms with van der Waals surface area (Å²) < 4.78 is 5.45. The van der Waals surface area contributed by atoms with Gasteiger partial charge in [0.2, 0.25) is 5.91 Å². The summed E-state index contributed by atoms with van der Waals surface area (Å²) >= 11 is 0. The van der Waals surface area contributed by atoms with Gasteiger partial charge in [-0.3, -0.25) is 4.79 Å². The van der Waals surface area contributed by atoms with Gasteiger partial charge in [0.25, 0.3) is 0 Å². The maximum atomic E-state index is 11.0. The molecule has 7 heteroatoms. The number of carbonyl (C=O) groups is 2. The monoisotopic (exact) mass is 310 g/mol. The van der Waals surface area contributed by atoms with E-state index < -0.39 is 12.1 Å². The summed E-state index contributed by atoms with van der Waals surface area (Å²) in [4.78, 5) is 21.8. The fraction of sp³-hybridized carbons (Fsp3) is 0.467. The van der Waals surface area contributed by atoms with Gasteiger partial charge in [-0.25, -0.2) is 4.79 Å². The van der Waals surface area contributed by atoms with Crippen molar-refractivity contribution >= 4 is 17.6 Å². The van der Waals surface area contributed by atoms with Crippen LogP contribution in [0, 0.1) is 0 Å². The molecule has 7 nitrogen and oxygen atoms in total. The Bertz CT molecular complexity index is 519. The lowest BCUT2D eigenvalue weighted by molar-refractivity contribution is -0.121. The second-order valence-corrected chi connectivity index (χ2v) is 4.86. The van der Waals surface area contributed by atoms with Crippen LogP contribution >= 0.6 is 0 Å². The van der Waals surface area contributed by atoms with Crippen LogP contribution in [0.3, 0.4) is 0 Å². The summed E-state index contributed by atoms with van der Waals surface area (Å²) in [5.41, 5.74) is 6.08. The number of nitrogens with one attached hydrogen (secondary N) is 1. The molecule has 1 unspecified atom stereocenters. The fourth-order valence-electron chi connectivity index (χ4n) is 1.77. The topological polar surface area (TPSA) is 122 Å². The Morgan fingerprint density at radius 2 is 2.14 bits per heavy atom. The van der Waals surface area contributed by atoms with E-state index in [-0.39, 0.29) is 23.7 Å². The molecule has 5 N–H and O–H groups in total. The minimum absolute atomic E-state index is 0.0957. The number of amides is 1. The second kappa shape index (κ2) is 8.89. The van der Waals surface area contributed by atoms with Gasteiger partial charge >= 0.3 is 5.97 Å². The number of carbonyl (C=O) groups excluding carboxylic acids is 1. The van der Waals surface area contributed by atoms with E-state index in [0.29, 0.717) is 31.6 Å². The molecule has 0 saturated carbocycles. The van der Waals surface area contributed by atoms with E-state index in [4.69, 9.17) is 15.6 Å². The molecule has 0 aliphatic carbocycles. The highest BCUT2D eigenvalue weighted by molar-refractivity contribution is 5.89. The van der Waals surface area contributed by atoms with E-state index in [1.165, 1.54) is 18.2 Å². The highest BCUT2D eigenvalue weighted by Gasteiger charge is 2.08. The highest BCUT2D eigenvalue weighted by Crippen LogP contribution is 2.22. The Balaban J connectivity index is 2.30. The number of rotatable bonds is 9. The number of aliphatic hydroxyl groups is 1. The van der Waals surface area contributed by atoms with Crippen LogP contribution in [0.4, 0.5) is 5.69 Å². The van der Waals surface area contributed by atoms with E-state index in [2.05, 4.69) is 5.32 Å². The fourth-order valence-corrected chi connectivity index (χ4v) is 1.77. The van der Waals surface area contributed by atoms with Crippen molar-refractivity contribution < 1.29 is 24.5 Å². The average molecular weight is 310 g/mol. The maximum absolute atomic E-state index is 11.0. The van der Waals surface area contributed by atoms with Crippen molar-refractivity contribution in [2.45, 2.75) is 32.3 Å². The predicted molar refractivity (Wildman–Crippen MR) is 81.9 cm³/mol. The largest absolute Gasteiger partial charge is 0.491 e. The van der Waals surface area contributed by atoms with E-state index in [9.17, 15) is 14.7 Å². The van der Waals surface area contributed by atoms with Crippen molar-refractivity contribution in [2.24, 2.45) is 0 Å². The lowest BCUT2D eigenvalue weighted by Gasteiger charge is -2.13. The van der Waals surface area contributed by atoms with Crippen molar-refractivity contribution in [1.29, 1.82) is 0 Å². The zero-order valence-electron chi connectivity index (χ0n) is 12.5.